The van der Waals surface area contributed by atoms with Crippen LogP contribution >= 0.6 is 0 Å². The molecular formula is C42H29NO. The van der Waals surface area contributed by atoms with Crippen molar-refractivity contribution < 1.29 is 9.90 Å². The Hall–Kier alpha value is -5.86. The molecule has 1 aromatic heterocycles. The molecule has 1 heterocycles. The van der Waals surface area contributed by atoms with Crippen molar-refractivity contribution in [1.82, 2.24) is 0 Å². The Morgan fingerprint density at radius 2 is 0.841 bits per heavy atom. The molecule has 0 spiro atoms. The zero-order valence-electron chi connectivity index (χ0n) is 27.8. The van der Waals surface area contributed by atoms with Crippen LogP contribution in [0.4, 0.5) is 17.1 Å². The van der Waals surface area contributed by atoms with Gasteiger partial charge in [0.15, 0.2) is 0 Å². The number of hydrogen-bond acceptors (Lipinski definition) is 2. The molecule has 2 nitrogen and oxygen atoms in total. The van der Waals surface area contributed by atoms with Crippen LogP contribution in [-0.4, -0.2) is 0 Å². The highest BCUT2D eigenvalue weighted by atomic mass is 16.3. The maximum Gasteiger partial charge on any atom is 0.136 e. The molecule has 0 unspecified atom stereocenters. The first-order valence-electron chi connectivity index (χ1n) is 16.6. The third-order valence-electron chi connectivity index (χ3n) is 7.97. The van der Waals surface area contributed by atoms with Crippen molar-refractivity contribution in [3.8, 4) is 33.4 Å². The molecule has 2 heteroatoms. The fraction of sp³-hybridized carbons (Fsp3) is 0. The Bertz CT molecular complexity index is 2310. The number of benzene rings is 7. The summed E-state index contributed by atoms with van der Waals surface area (Å²) in [6.07, 6.45) is 0. The summed E-state index contributed by atoms with van der Waals surface area (Å²) in [6.45, 7) is 0. The number of rotatable bonds is 6. The molecule has 0 saturated heterocycles. The van der Waals surface area contributed by atoms with E-state index in [2.05, 4.69) is 24.3 Å². The lowest BCUT2D eigenvalue weighted by molar-refractivity contribution is 0.669. The smallest absolute Gasteiger partial charge is 0.136 e. The van der Waals surface area contributed by atoms with Gasteiger partial charge in [-0.3, -0.25) is 0 Å². The summed E-state index contributed by atoms with van der Waals surface area (Å²) in [5, 5.41) is 1.92. The molecule has 0 bridgehead atoms. The van der Waals surface area contributed by atoms with E-state index in [9.17, 15) is 5.48 Å². The maximum atomic E-state index is 9.30. The van der Waals surface area contributed by atoms with Gasteiger partial charge in [0.2, 0.25) is 0 Å². The fourth-order valence-electron chi connectivity index (χ4n) is 5.72. The van der Waals surface area contributed by atoms with E-state index >= 15 is 0 Å². The average Bonchev–Trinajstić information content (AvgIpc) is 3.52. The molecule has 0 aliphatic heterocycles. The van der Waals surface area contributed by atoms with Crippen molar-refractivity contribution in [2.45, 2.75) is 0 Å². The van der Waals surface area contributed by atoms with Crippen molar-refractivity contribution in [3.63, 3.8) is 0 Å². The zero-order chi connectivity index (χ0) is 32.8. The largest absolute Gasteiger partial charge is 0.456 e. The van der Waals surface area contributed by atoms with Gasteiger partial charge in [-0.25, -0.2) is 0 Å². The number of nitrogens with zero attached hydrogens (tertiary/aromatic N) is 1. The van der Waals surface area contributed by atoms with Crippen molar-refractivity contribution in [2.24, 2.45) is 0 Å². The standard InChI is InChI=1S/C42H29NO/c1-3-9-30(10-4-1)32-15-22-36(23-16-32)43(37-24-17-33(18-25-37)31-11-5-2-6-12-31)38-26-19-34(20-27-38)35-21-28-40-39-13-7-8-14-41(39)44-42(40)29-35/h1-29H/i19D,20D,26D,27D. The van der Waals surface area contributed by atoms with Crippen LogP contribution in [-0.2, 0) is 0 Å². The van der Waals surface area contributed by atoms with E-state index in [1.165, 1.54) is 0 Å². The number of para-hydroxylation sites is 1. The van der Waals surface area contributed by atoms with Crippen LogP contribution in [0.5, 0.6) is 0 Å². The third-order valence-corrected chi connectivity index (χ3v) is 7.97. The normalized spacial score (nSPS) is 12.5. The minimum Gasteiger partial charge on any atom is -0.456 e. The Labute approximate surface area is 262 Å². The van der Waals surface area contributed by atoms with Crippen LogP contribution in [0.3, 0.4) is 0 Å². The van der Waals surface area contributed by atoms with Gasteiger partial charge in [-0.1, -0.05) is 121 Å². The number of fused-ring (bicyclic) bond motifs is 3. The molecule has 0 aliphatic carbocycles. The highest BCUT2D eigenvalue weighted by molar-refractivity contribution is 6.05. The molecule has 7 aromatic carbocycles. The quantitative estimate of drug-likeness (QED) is 0.199. The molecule has 0 N–H and O–H groups in total. The summed E-state index contributed by atoms with van der Waals surface area (Å²) in [4.78, 5) is 1.82. The van der Waals surface area contributed by atoms with Crippen LogP contribution in [0.15, 0.2) is 180 Å². The number of anilines is 3. The van der Waals surface area contributed by atoms with Crippen molar-refractivity contribution in [2.75, 3.05) is 4.90 Å². The molecule has 8 aromatic rings. The van der Waals surface area contributed by atoms with Crippen LogP contribution in [0.25, 0.3) is 55.3 Å². The summed E-state index contributed by atoms with van der Waals surface area (Å²) >= 11 is 0. The SMILES string of the molecule is [2H]c1c([2H])c(N(c2ccc(-c3ccccc3)cc2)c2ccc(-c3ccccc3)cc2)c([2H])c([2H])c1-c1ccc2c(c1)oc1ccccc12. The van der Waals surface area contributed by atoms with E-state index in [-0.39, 0.29) is 35.4 Å². The summed E-state index contributed by atoms with van der Waals surface area (Å²) in [5.74, 6) is 0. The molecule has 44 heavy (non-hydrogen) atoms. The summed E-state index contributed by atoms with van der Waals surface area (Å²) in [5.41, 5.74) is 8.04. The van der Waals surface area contributed by atoms with Crippen LogP contribution in [0.1, 0.15) is 5.48 Å². The van der Waals surface area contributed by atoms with Crippen LogP contribution < -0.4 is 4.90 Å². The van der Waals surface area contributed by atoms with Crippen LogP contribution in [0, 0.1) is 0 Å². The van der Waals surface area contributed by atoms with Gasteiger partial charge in [0.25, 0.3) is 0 Å². The second-order valence-electron chi connectivity index (χ2n) is 10.7. The molecule has 0 radical (unpaired) electrons. The third kappa shape index (κ3) is 4.83. The van der Waals surface area contributed by atoms with Gasteiger partial charge in [0.1, 0.15) is 11.2 Å². The summed E-state index contributed by atoms with van der Waals surface area (Å²) in [7, 11) is 0. The molecule has 8 rings (SSSR count). The summed E-state index contributed by atoms with van der Waals surface area (Å²) in [6, 6.07) is 49.0. The van der Waals surface area contributed by atoms with E-state index in [4.69, 9.17) is 4.42 Å². The molecular weight excluding hydrogens is 534 g/mol. The Kier molecular flexibility index (Phi) is 5.49. The first-order valence-corrected chi connectivity index (χ1v) is 14.6. The van der Waals surface area contributed by atoms with Gasteiger partial charge in [0, 0.05) is 27.8 Å². The predicted octanol–water partition coefficient (Wildman–Crippen LogP) is 12.1. The zero-order valence-corrected chi connectivity index (χ0v) is 23.8. The Morgan fingerprint density at radius 1 is 0.364 bits per heavy atom. The molecule has 0 saturated carbocycles. The molecule has 0 amide bonds. The summed E-state index contributed by atoms with van der Waals surface area (Å²) < 4.78 is 43.1. The van der Waals surface area contributed by atoms with Gasteiger partial charge in [-0.15, -0.1) is 0 Å². The van der Waals surface area contributed by atoms with Gasteiger partial charge < -0.3 is 9.32 Å². The van der Waals surface area contributed by atoms with Gasteiger partial charge in [-0.2, -0.15) is 0 Å². The highest BCUT2D eigenvalue weighted by Gasteiger charge is 2.14. The van der Waals surface area contributed by atoms with Crippen molar-refractivity contribution in [1.29, 1.82) is 0 Å². The fourth-order valence-corrected chi connectivity index (χ4v) is 5.72. The van der Waals surface area contributed by atoms with Gasteiger partial charge >= 0.3 is 0 Å². The van der Waals surface area contributed by atoms with E-state index in [1.807, 2.05) is 132 Å². The van der Waals surface area contributed by atoms with E-state index in [0.29, 0.717) is 11.1 Å². The van der Waals surface area contributed by atoms with Gasteiger partial charge in [-0.05, 0) is 87.9 Å². The lowest BCUT2D eigenvalue weighted by Gasteiger charge is -2.26. The number of furan rings is 1. The van der Waals surface area contributed by atoms with E-state index in [0.717, 1.165) is 50.0 Å². The van der Waals surface area contributed by atoms with Crippen molar-refractivity contribution >= 4 is 39.0 Å². The van der Waals surface area contributed by atoms with Crippen LogP contribution in [0.2, 0.25) is 0 Å². The highest BCUT2D eigenvalue weighted by Crippen LogP contribution is 2.38. The Balaban J connectivity index is 1.27. The molecule has 0 atom stereocenters. The number of hydrogen-bond donors (Lipinski definition) is 0. The second-order valence-corrected chi connectivity index (χ2v) is 10.7. The second kappa shape index (κ2) is 11.1. The lowest BCUT2D eigenvalue weighted by Crippen LogP contribution is -2.09. The lowest BCUT2D eigenvalue weighted by atomic mass is 10.0. The predicted molar refractivity (Wildman–Crippen MR) is 185 cm³/mol. The topological polar surface area (TPSA) is 16.4 Å². The minimum atomic E-state index is -0.130. The van der Waals surface area contributed by atoms with Gasteiger partial charge in [0.05, 0.1) is 5.48 Å². The van der Waals surface area contributed by atoms with Crippen molar-refractivity contribution in [3.05, 3.63) is 176 Å². The first-order chi connectivity index (χ1) is 23.5. The Morgan fingerprint density at radius 3 is 1.43 bits per heavy atom. The molecule has 208 valence electrons. The van der Waals surface area contributed by atoms with E-state index < -0.39 is 0 Å². The maximum absolute atomic E-state index is 9.30. The molecule has 0 fully saturated rings. The minimum absolute atomic E-state index is 0.117. The average molecular weight is 568 g/mol. The first kappa shape index (κ1) is 21.8. The molecule has 0 aliphatic rings. The van der Waals surface area contributed by atoms with E-state index in [1.54, 1.807) is 0 Å². The monoisotopic (exact) mass is 567 g/mol.